The molecule has 4 aromatic rings. The fourth-order valence-electron chi connectivity index (χ4n) is 2.89. The number of carbonyl (C=O) groups excluding carboxylic acids is 1. The SMILES string of the molecule is CC(=O)OCc1ccc(-n2c(-c3cccnc3N)nc3ncccc32)cc1. The van der Waals surface area contributed by atoms with E-state index in [0.29, 0.717) is 17.3 Å². The van der Waals surface area contributed by atoms with Crippen molar-refractivity contribution < 1.29 is 9.53 Å². The topological polar surface area (TPSA) is 95.9 Å². The Labute approximate surface area is 155 Å². The third-order valence-electron chi connectivity index (χ3n) is 4.15. The van der Waals surface area contributed by atoms with Crippen molar-refractivity contribution in [2.75, 3.05) is 5.73 Å². The van der Waals surface area contributed by atoms with E-state index in [4.69, 9.17) is 10.5 Å². The van der Waals surface area contributed by atoms with Crippen molar-refractivity contribution in [2.24, 2.45) is 0 Å². The lowest BCUT2D eigenvalue weighted by atomic mass is 10.2. The molecule has 3 heterocycles. The number of carbonyl (C=O) groups is 1. The average Bonchev–Trinajstić information content (AvgIpc) is 3.06. The van der Waals surface area contributed by atoms with Crippen LogP contribution in [0.25, 0.3) is 28.2 Å². The number of pyridine rings is 2. The summed E-state index contributed by atoms with van der Waals surface area (Å²) in [6.45, 7) is 1.63. The zero-order valence-corrected chi connectivity index (χ0v) is 14.7. The van der Waals surface area contributed by atoms with E-state index >= 15 is 0 Å². The summed E-state index contributed by atoms with van der Waals surface area (Å²) in [6, 6.07) is 15.3. The maximum absolute atomic E-state index is 11.0. The summed E-state index contributed by atoms with van der Waals surface area (Å²) in [6.07, 6.45) is 3.35. The summed E-state index contributed by atoms with van der Waals surface area (Å²) >= 11 is 0. The van der Waals surface area contributed by atoms with Gasteiger partial charge in [-0.1, -0.05) is 12.1 Å². The highest BCUT2D eigenvalue weighted by Gasteiger charge is 2.17. The van der Waals surface area contributed by atoms with Gasteiger partial charge in [0.25, 0.3) is 0 Å². The Balaban J connectivity index is 1.84. The number of ether oxygens (including phenoxy) is 1. The minimum absolute atomic E-state index is 0.240. The quantitative estimate of drug-likeness (QED) is 0.562. The maximum atomic E-state index is 11.0. The van der Waals surface area contributed by atoms with E-state index in [9.17, 15) is 4.79 Å². The Morgan fingerprint density at radius 1 is 1.07 bits per heavy atom. The highest BCUT2D eigenvalue weighted by molar-refractivity contribution is 5.82. The lowest BCUT2D eigenvalue weighted by Gasteiger charge is -2.11. The first-order valence-corrected chi connectivity index (χ1v) is 8.40. The van der Waals surface area contributed by atoms with Crippen LogP contribution in [0.3, 0.4) is 0 Å². The first-order chi connectivity index (χ1) is 13.1. The lowest BCUT2D eigenvalue weighted by Crippen LogP contribution is -2.02. The van der Waals surface area contributed by atoms with Gasteiger partial charge in [0, 0.05) is 25.0 Å². The van der Waals surface area contributed by atoms with E-state index in [1.165, 1.54) is 6.92 Å². The van der Waals surface area contributed by atoms with Gasteiger partial charge in [-0.2, -0.15) is 0 Å². The fraction of sp³-hybridized carbons (Fsp3) is 0.100. The average molecular weight is 359 g/mol. The molecule has 0 radical (unpaired) electrons. The van der Waals surface area contributed by atoms with Crippen LogP contribution in [0.1, 0.15) is 12.5 Å². The van der Waals surface area contributed by atoms with Crippen LogP contribution in [-0.2, 0) is 16.1 Å². The Bertz CT molecular complexity index is 1120. The van der Waals surface area contributed by atoms with E-state index in [1.54, 1.807) is 12.4 Å². The Morgan fingerprint density at radius 2 is 1.81 bits per heavy atom. The van der Waals surface area contributed by atoms with Gasteiger partial charge in [0.1, 0.15) is 12.4 Å². The van der Waals surface area contributed by atoms with Gasteiger partial charge in [-0.15, -0.1) is 0 Å². The number of nitrogens with two attached hydrogens (primary N) is 1. The second kappa shape index (κ2) is 6.87. The number of benzene rings is 1. The first kappa shape index (κ1) is 16.7. The maximum Gasteiger partial charge on any atom is 0.302 e. The number of fused-ring (bicyclic) bond motifs is 1. The molecule has 0 atom stereocenters. The van der Waals surface area contributed by atoms with Crippen LogP contribution >= 0.6 is 0 Å². The number of nitrogens with zero attached hydrogens (tertiary/aromatic N) is 4. The van der Waals surface area contributed by atoms with E-state index in [-0.39, 0.29) is 12.6 Å². The smallest absolute Gasteiger partial charge is 0.302 e. The zero-order valence-electron chi connectivity index (χ0n) is 14.7. The number of hydrogen-bond donors (Lipinski definition) is 1. The Hall–Kier alpha value is -3.74. The van der Waals surface area contributed by atoms with Crippen molar-refractivity contribution in [1.82, 2.24) is 19.5 Å². The summed E-state index contributed by atoms with van der Waals surface area (Å²) in [7, 11) is 0. The van der Waals surface area contributed by atoms with Crippen molar-refractivity contribution in [1.29, 1.82) is 0 Å². The summed E-state index contributed by atoms with van der Waals surface area (Å²) in [4.78, 5) is 24.2. The molecule has 0 saturated carbocycles. The van der Waals surface area contributed by atoms with Gasteiger partial charge in [0.05, 0.1) is 11.1 Å². The number of hydrogen-bond acceptors (Lipinski definition) is 6. The van der Waals surface area contributed by atoms with Crippen molar-refractivity contribution in [3.05, 3.63) is 66.5 Å². The van der Waals surface area contributed by atoms with Gasteiger partial charge in [-0.3, -0.25) is 9.36 Å². The molecule has 2 N–H and O–H groups in total. The van der Waals surface area contributed by atoms with Crippen LogP contribution in [0.4, 0.5) is 5.82 Å². The highest BCUT2D eigenvalue weighted by atomic mass is 16.5. The van der Waals surface area contributed by atoms with Gasteiger partial charge in [-0.05, 0) is 42.0 Å². The van der Waals surface area contributed by atoms with Gasteiger partial charge in [0.2, 0.25) is 0 Å². The predicted octanol–water partition coefficient (Wildman–Crippen LogP) is 3.13. The first-order valence-electron chi connectivity index (χ1n) is 8.40. The van der Waals surface area contributed by atoms with Crippen molar-refractivity contribution >= 4 is 23.0 Å². The van der Waals surface area contributed by atoms with Crippen LogP contribution in [0.15, 0.2) is 60.9 Å². The summed E-state index contributed by atoms with van der Waals surface area (Å²) in [5.41, 5.74) is 10.1. The van der Waals surface area contributed by atoms with Crippen LogP contribution < -0.4 is 5.73 Å². The van der Waals surface area contributed by atoms with E-state index in [2.05, 4.69) is 15.0 Å². The molecule has 7 heteroatoms. The fourth-order valence-corrected chi connectivity index (χ4v) is 2.89. The third-order valence-corrected chi connectivity index (χ3v) is 4.15. The number of anilines is 1. The molecule has 0 spiro atoms. The summed E-state index contributed by atoms with van der Waals surface area (Å²) in [5.74, 6) is 0.766. The molecule has 7 nitrogen and oxygen atoms in total. The van der Waals surface area contributed by atoms with Gasteiger partial charge in [-0.25, -0.2) is 15.0 Å². The number of nitrogen functional groups attached to an aromatic ring is 1. The standard InChI is InChI=1S/C20H17N5O2/c1-13(26)27-12-14-6-8-15(9-7-14)25-17-5-3-11-23-19(17)24-20(25)16-4-2-10-22-18(16)21/h2-11H,12H2,1H3,(H2,21,22). The van der Waals surface area contributed by atoms with Gasteiger partial charge < -0.3 is 10.5 Å². The summed E-state index contributed by atoms with van der Waals surface area (Å²) < 4.78 is 7.04. The predicted molar refractivity (Wildman–Crippen MR) is 102 cm³/mol. The molecule has 0 amide bonds. The molecule has 0 aliphatic rings. The lowest BCUT2D eigenvalue weighted by molar-refractivity contribution is -0.142. The minimum atomic E-state index is -0.305. The molecule has 0 aliphatic heterocycles. The largest absolute Gasteiger partial charge is 0.461 e. The van der Waals surface area contributed by atoms with Gasteiger partial charge in [0.15, 0.2) is 11.5 Å². The second-order valence-corrected chi connectivity index (χ2v) is 6.00. The number of rotatable bonds is 4. The highest BCUT2D eigenvalue weighted by Crippen LogP contribution is 2.30. The number of esters is 1. The molecule has 1 aromatic carbocycles. The molecule has 3 aromatic heterocycles. The number of imidazole rings is 1. The Morgan fingerprint density at radius 3 is 2.56 bits per heavy atom. The zero-order chi connectivity index (χ0) is 18.8. The van der Waals surface area contributed by atoms with E-state index in [0.717, 1.165) is 22.3 Å². The molecule has 0 bridgehead atoms. The van der Waals surface area contributed by atoms with Crippen LogP contribution in [0.2, 0.25) is 0 Å². The monoisotopic (exact) mass is 359 g/mol. The van der Waals surface area contributed by atoms with Crippen molar-refractivity contribution in [2.45, 2.75) is 13.5 Å². The van der Waals surface area contributed by atoms with Crippen LogP contribution in [0.5, 0.6) is 0 Å². The molecule has 134 valence electrons. The summed E-state index contributed by atoms with van der Waals surface area (Å²) in [5, 5.41) is 0. The molecular formula is C20H17N5O2. The van der Waals surface area contributed by atoms with E-state index in [1.807, 2.05) is 53.1 Å². The molecule has 0 saturated heterocycles. The van der Waals surface area contributed by atoms with Crippen LogP contribution in [-0.4, -0.2) is 25.5 Å². The third kappa shape index (κ3) is 3.22. The van der Waals surface area contributed by atoms with Gasteiger partial charge >= 0.3 is 5.97 Å². The molecule has 0 aliphatic carbocycles. The van der Waals surface area contributed by atoms with Crippen molar-refractivity contribution in [3.63, 3.8) is 0 Å². The minimum Gasteiger partial charge on any atom is -0.461 e. The normalized spacial score (nSPS) is 10.9. The molecular weight excluding hydrogens is 342 g/mol. The van der Waals surface area contributed by atoms with Crippen molar-refractivity contribution in [3.8, 4) is 17.1 Å². The van der Waals surface area contributed by atoms with E-state index < -0.39 is 0 Å². The molecule has 27 heavy (non-hydrogen) atoms. The molecule has 4 rings (SSSR count). The Kier molecular flexibility index (Phi) is 4.25. The molecule has 0 fully saturated rings. The second-order valence-electron chi connectivity index (χ2n) is 6.00. The van der Waals surface area contributed by atoms with Crippen LogP contribution in [0, 0.1) is 0 Å². The number of aromatic nitrogens is 4. The molecule has 0 unspecified atom stereocenters.